The number of urea groups is 1. The fourth-order valence-electron chi connectivity index (χ4n) is 2.46. The van der Waals surface area contributed by atoms with Gasteiger partial charge in [0, 0.05) is 21.0 Å². The topological polar surface area (TPSA) is 71.1 Å². The molecule has 0 fully saturated rings. The van der Waals surface area contributed by atoms with Crippen LogP contribution in [0.1, 0.15) is 15.9 Å². The standard InChI is InChI=1S/C20H11Cl3F3N3O2S/c21-11-6-10(20(24,25)26)7-13(8-11)32-12-4-5-16(27-9-12)28-19(31)29-18(30)17-14(22)2-1-3-15(17)23/h1-9H,(H2,27,28,29,30,31). The number of carbonyl (C=O) groups excluding carboxylic acids is 2. The first-order valence-corrected chi connectivity index (χ1v) is 10.6. The van der Waals surface area contributed by atoms with E-state index in [0.29, 0.717) is 4.90 Å². The van der Waals surface area contributed by atoms with Crippen LogP contribution in [-0.2, 0) is 6.18 Å². The average molecular weight is 521 g/mol. The monoisotopic (exact) mass is 519 g/mol. The van der Waals surface area contributed by atoms with Crippen LogP contribution in [0.5, 0.6) is 0 Å². The largest absolute Gasteiger partial charge is 0.416 e. The minimum absolute atomic E-state index is 0.0477. The fourth-order valence-corrected chi connectivity index (χ4v) is 4.22. The van der Waals surface area contributed by atoms with Gasteiger partial charge in [0.25, 0.3) is 5.91 Å². The van der Waals surface area contributed by atoms with Crippen LogP contribution < -0.4 is 10.6 Å². The van der Waals surface area contributed by atoms with Gasteiger partial charge in [-0.25, -0.2) is 9.78 Å². The highest BCUT2D eigenvalue weighted by Crippen LogP contribution is 2.36. The van der Waals surface area contributed by atoms with Gasteiger partial charge in [-0.05, 0) is 42.5 Å². The van der Waals surface area contributed by atoms with Gasteiger partial charge in [-0.2, -0.15) is 13.2 Å². The number of amides is 3. The van der Waals surface area contributed by atoms with Crippen molar-refractivity contribution in [1.82, 2.24) is 10.3 Å². The van der Waals surface area contributed by atoms with Crippen LogP contribution in [0.3, 0.4) is 0 Å². The Morgan fingerprint density at radius 2 is 1.62 bits per heavy atom. The maximum absolute atomic E-state index is 12.9. The summed E-state index contributed by atoms with van der Waals surface area (Å²) in [7, 11) is 0. The van der Waals surface area contributed by atoms with Crippen molar-refractivity contribution < 1.29 is 22.8 Å². The number of imide groups is 1. The molecule has 0 saturated carbocycles. The maximum atomic E-state index is 12.9. The van der Waals surface area contributed by atoms with Crippen molar-refractivity contribution in [2.75, 3.05) is 5.32 Å². The summed E-state index contributed by atoms with van der Waals surface area (Å²) in [5.41, 5.74) is -0.913. The molecule has 5 nitrogen and oxygen atoms in total. The van der Waals surface area contributed by atoms with E-state index in [0.717, 1.165) is 23.9 Å². The predicted molar refractivity (Wildman–Crippen MR) is 118 cm³/mol. The zero-order chi connectivity index (χ0) is 23.5. The number of nitrogens with one attached hydrogen (secondary N) is 2. The average Bonchev–Trinajstić information content (AvgIpc) is 2.68. The minimum Gasteiger partial charge on any atom is -0.292 e. The molecule has 32 heavy (non-hydrogen) atoms. The van der Waals surface area contributed by atoms with E-state index in [1.807, 2.05) is 0 Å². The van der Waals surface area contributed by atoms with Gasteiger partial charge in [0.05, 0.1) is 21.2 Å². The number of hydrogen-bond acceptors (Lipinski definition) is 4. The molecule has 0 aliphatic carbocycles. The molecule has 0 aliphatic rings. The van der Waals surface area contributed by atoms with E-state index >= 15 is 0 Å². The summed E-state index contributed by atoms with van der Waals surface area (Å²) in [5, 5.41) is 4.56. The Hall–Kier alpha value is -2.46. The van der Waals surface area contributed by atoms with E-state index in [9.17, 15) is 22.8 Å². The molecule has 1 heterocycles. The van der Waals surface area contributed by atoms with Gasteiger partial charge in [-0.1, -0.05) is 52.6 Å². The molecule has 3 amide bonds. The summed E-state index contributed by atoms with van der Waals surface area (Å²) in [5.74, 6) is -0.696. The molecule has 166 valence electrons. The Balaban J connectivity index is 1.64. The van der Waals surface area contributed by atoms with Gasteiger partial charge >= 0.3 is 12.2 Å². The number of carbonyl (C=O) groups is 2. The molecule has 3 aromatic rings. The molecular weight excluding hydrogens is 510 g/mol. The quantitative estimate of drug-likeness (QED) is 0.382. The van der Waals surface area contributed by atoms with E-state index < -0.39 is 23.7 Å². The number of aromatic nitrogens is 1. The lowest BCUT2D eigenvalue weighted by atomic mass is 10.2. The van der Waals surface area contributed by atoms with Crippen molar-refractivity contribution in [3.63, 3.8) is 0 Å². The number of hydrogen-bond donors (Lipinski definition) is 2. The Morgan fingerprint density at radius 1 is 0.938 bits per heavy atom. The molecule has 0 aliphatic heterocycles. The summed E-state index contributed by atoms with van der Waals surface area (Å²) in [6, 6.07) is 9.76. The third kappa shape index (κ3) is 6.29. The van der Waals surface area contributed by atoms with E-state index in [1.165, 1.54) is 36.5 Å². The summed E-state index contributed by atoms with van der Waals surface area (Å²) < 4.78 is 38.8. The van der Waals surface area contributed by atoms with Crippen LogP contribution in [0, 0.1) is 0 Å². The van der Waals surface area contributed by atoms with Crippen molar-refractivity contribution in [2.45, 2.75) is 16.0 Å². The van der Waals surface area contributed by atoms with Gasteiger partial charge in [0.2, 0.25) is 0 Å². The molecule has 0 radical (unpaired) electrons. The van der Waals surface area contributed by atoms with Gasteiger partial charge in [-0.3, -0.25) is 15.4 Å². The van der Waals surface area contributed by atoms with Gasteiger partial charge in [0.15, 0.2) is 0 Å². The minimum atomic E-state index is -4.52. The number of benzene rings is 2. The first kappa shape index (κ1) is 24.2. The summed E-state index contributed by atoms with van der Waals surface area (Å²) in [6.45, 7) is 0. The van der Waals surface area contributed by atoms with Crippen LogP contribution in [0.25, 0.3) is 0 Å². The number of rotatable bonds is 4. The van der Waals surface area contributed by atoms with E-state index in [1.54, 1.807) is 6.07 Å². The van der Waals surface area contributed by atoms with Crippen molar-refractivity contribution in [1.29, 1.82) is 0 Å². The summed E-state index contributed by atoms with van der Waals surface area (Å²) in [6.07, 6.45) is -3.17. The lowest BCUT2D eigenvalue weighted by molar-refractivity contribution is -0.137. The Kier molecular flexibility index (Phi) is 7.55. The van der Waals surface area contributed by atoms with Crippen molar-refractivity contribution in [3.05, 3.63) is 80.9 Å². The molecule has 2 aromatic carbocycles. The molecule has 0 saturated heterocycles. The molecule has 12 heteroatoms. The van der Waals surface area contributed by atoms with E-state index in [-0.39, 0.29) is 31.3 Å². The van der Waals surface area contributed by atoms with Gasteiger partial charge in [0.1, 0.15) is 5.82 Å². The lowest BCUT2D eigenvalue weighted by Crippen LogP contribution is -2.34. The summed E-state index contributed by atoms with van der Waals surface area (Å²) >= 11 is 18.7. The van der Waals surface area contributed by atoms with Gasteiger partial charge < -0.3 is 0 Å². The van der Waals surface area contributed by atoms with Crippen molar-refractivity contribution >= 4 is 64.3 Å². The summed E-state index contributed by atoms with van der Waals surface area (Å²) in [4.78, 5) is 29.1. The highest BCUT2D eigenvalue weighted by atomic mass is 35.5. The third-order valence-electron chi connectivity index (χ3n) is 3.83. The molecule has 3 rings (SSSR count). The Labute approximate surface area is 199 Å². The number of alkyl halides is 3. The molecule has 0 unspecified atom stereocenters. The number of pyridine rings is 1. The zero-order valence-corrected chi connectivity index (χ0v) is 18.7. The maximum Gasteiger partial charge on any atom is 0.416 e. The zero-order valence-electron chi connectivity index (χ0n) is 15.6. The van der Waals surface area contributed by atoms with Crippen LogP contribution >= 0.6 is 46.6 Å². The highest BCUT2D eigenvalue weighted by Gasteiger charge is 2.31. The van der Waals surface area contributed by atoms with Crippen LogP contribution in [0.4, 0.5) is 23.8 Å². The van der Waals surface area contributed by atoms with E-state index in [4.69, 9.17) is 34.8 Å². The number of nitrogens with zero attached hydrogens (tertiary/aromatic N) is 1. The first-order valence-electron chi connectivity index (χ1n) is 8.61. The van der Waals surface area contributed by atoms with Crippen LogP contribution in [-0.4, -0.2) is 16.9 Å². The second-order valence-electron chi connectivity index (χ2n) is 6.16. The van der Waals surface area contributed by atoms with Crippen LogP contribution in [0.15, 0.2) is 64.5 Å². The van der Waals surface area contributed by atoms with Gasteiger partial charge in [-0.15, -0.1) is 0 Å². The van der Waals surface area contributed by atoms with Crippen molar-refractivity contribution in [2.24, 2.45) is 0 Å². The number of anilines is 1. The highest BCUT2D eigenvalue weighted by molar-refractivity contribution is 7.99. The number of halogens is 6. The second kappa shape index (κ2) is 9.99. The third-order valence-corrected chi connectivity index (χ3v) is 5.63. The Bertz CT molecular complexity index is 1150. The normalized spacial score (nSPS) is 11.2. The lowest BCUT2D eigenvalue weighted by Gasteiger charge is -2.10. The molecule has 2 N–H and O–H groups in total. The molecular formula is C20H11Cl3F3N3O2S. The van der Waals surface area contributed by atoms with E-state index in [2.05, 4.69) is 15.6 Å². The van der Waals surface area contributed by atoms with Crippen LogP contribution in [0.2, 0.25) is 15.1 Å². The SMILES string of the molecule is O=C(NC(=O)c1c(Cl)cccc1Cl)Nc1ccc(Sc2cc(Cl)cc(C(F)(F)F)c2)cn1. The van der Waals surface area contributed by atoms with Crippen molar-refractivity contribution in [3.8, 4) is 0 Å². The predicted octanol–water partition coefficient (Wildman–Crippen LogP) is 7.17. The molecule has 0 bridgehead atoms. The molecule has 0 atom stereocenters. The Morgan fingerprint density at radius 3 is 2.22 bits per heavy atom. The molecule has 0 spiro atoms. The second-order valence-corrected chi connectivity index (χ2v) is 8.56. The fraction of sp³-hybridized carbons (Fsp3) is 0.0500. The first-order chi connectivity index (χ1) is 15.0. The molecule has 1 aromatic heterocycles. The smallest absolute Gasteiger partial charge is 0.292 e.